The second-order valence-electron chi connectivity index (χ2n) is 2.45. The van der Waals surface area contributed by atoms with Crippen LogP contribution in [0, 0.1) is 6.92 Å². The van der Waals surface area contributed by atoms with Crippen molar-refractivity contribution in [3.05, 3.63) is 23.8 Å². The van der Waals surface area contributed by atoms with Crippen LogP contribution in [-0.4, -0.2) is 4.98 Å². The van der Waals surface area contributed by atoms with Crippen LogP contribution in [0.15, 0.2) is 18.2 Å². The summed E-state index contributed by atoms with van der Waals surface area (Å²) in [5, 5.41) is 10.7. The molecule has 56 valence electrons. The number of rotatable bonds is 0. The first kappa shape index (κ1) is 6.61. The molecule has 0 radical (unpaired) electrons. The van der Waals surface area contributed by atoms with E-state index in [-0.39, 0.29) is 5.19 Å². The molecule has 0 atom stereocenters. The molecule has 0 aliphatic carbocycles. The Hall–Kier alpha value is -1.09. The van der Waals surface area contributed by atoms with Crippen molar-refractivity contribution in [3.63, 3.8) is 0 Å². The van der Waals surface area contributed by atoms with Crippen LogP contribution >= 0.6 is 11.3 Å². The first-order valence-electron chi connectivity index (χ1n) is 3.30. The van der Waals surface area contributed by atoms with Crippen molar-refractivity contribution in [2.45, 2.75) is 6.92 Å². The molecule has 0 aliphatic heterocycles. The van der Waals surface area contributed by atoms with Gasteiger partial charge in [0.05, 0.1) is 10.2 Å². The van der Waals surface area contributed by atoms with Crippen molar-refractivity contribution in [1.29, 1.82) is 0 Å². The molecule has 0 spiro atoms. The van der Waals surface area contributed by atoms with Crippen molar-refractivity contribution in [3.8, 4) is 5.19 Å². The minimum absolute atomic E-state index is 0.106. The highest BCUT2D eigenvalue weighted by Gasteiger charge is 1.95. The highest BCUT2D eigenvalue weighted by atomic mass is 32.1. The number of benzene rings is 1. The maximum atomic E-state index is 10.8. The van der Waals surface area contributed by atoms with Gasteiger partial charge >= 0.3 is 0 Å². The van der Waals surface area contributed by atoms with Gasteiger partial charge < -0.3 is 5.11 Å². The molecule has 0 saturated carbocycles. The van der Waals surface area contributed by atoms with E-state index in [4.69, 9.17) is 0 Å². The van der Waals surface area contributed by atoms with Gasteiger partial charge in [-0.05, 0) is 24.6 Å². The fraction of sp³-hybridized carbons (Fsp3) is 0.125. The lowest BCUT2D eigenvalue weighted by atomic mass is 10.2. The number of thiazole rings is 1. The number of nitrogens with zero attached hydrogens (tertiary/aromatic N) is 1. The zero-order valence-electron chi connectivity index (χ0n) is 6.00. The van der Waals surface area contributed by atoms with Crippen LogP contribution in [0.2, 0.25) is 0 Å². The van der Waals surface area contributed by atoms with Gasteiger partial charge in [0.2, 0.25) is 0 Å². The Morgan fingerprint density at radius 3 is 3.09 bits per heavy atom. The second-order valence-corrected chi connectivity index (χ2v) is 3.44. The number of hydrogen-bond donors (Lipinski definition) is 0. The van der Waals surface area contributed by atoms with Crippen LogP contribution in [-0.2, 0) is 0 Å². The van der Waals surface area contributed by atoms with E-state index >= 15 is 0 Å². The van der Waals surface area contributed by atoms with Crippen LogP contribution in [0.1, 0.15) is 5.56 Å². The van der Waals surface area contributed by atoms with Crippen LogP contribution < -0.4 is 5.11 Å². The predicted octanol–water partition coefficient (Wildman–Crippen LogP) is 1.68. The smallest absolute Gasteiger partial charge is 0.0804 e. The fourth-order valence-corrected chi connectivity index (χ4v) is 1.81. The third-order valence-corrected chi connectivity index (χ3v) is 2.34. The van der Waals surface area contributed by atoms with Gasteiger partial charge in [-0.25, -0.2) is 0 Å². The van der Waals surface area contributed by atoms with E-state index in [2.05, 4.69) is 4.98 Å². The molecule has 3 heteroatoms. The van der Waals surface area contributed by atoms with Crippen LogP contribution in [0.5, 0.6) is 5.19 Å². The average molecular weight is 164 g/mol. The zero-order chi connectivity index (χ0) is 7.84. The van der Waals surface area contributed by atoms with Gasteiger partial charge in [-0.15, -0.1) is 11.3 Å². The SMILES string of the molecule is Cc1ccc2nc([O-])sc2c1. The topological polar surface area (TPSA) is 36.0 Å². The van der Waals surface area contributed by atoms with Gasteiger partial charge in [-0.3, -0.25) is 4.98 Å². The number of hydrogen-bond acceptors (Lipinski definition) is 3. The van der Waals surface area contributed by atoms with Gasteiger partial charge in [0.15, 0.2) is 0 Å². The Morgan fingerprint density at radius 2 is 2.27 bits per heavy atom. The molecule has 2 aromatic rings. The molecule has 11 heavy (non-hydrogen) atoms. The summed E-state index contributed by atoms with van der Waals surface area (Å²) in [6.07, 6.45) is 0. The highest BCUT2D eigenvalue weighted by Crippen LogP contribution is 2.24. The van der Waals surface area contributed by atoms with E-state index in [1.54, 1.807) is 0 Å². The van der Waals surface area contributed by atoms with Crippen LogP contribution in [0.25, 0.3) is 10.2 Å². The Kier molecular flexibility index (Phi) is 1.32. The van der Waals surface area contributed by atoms with Gasteiger partial charge in [-0.2, -0.15) is 0 Å². The first-order valence-corrected chi connectivity index (χ1v) is 4.11. The molecule has 0 bridgehead atoms. The van der Waals surface area contributed by atoms with E-state index in [0.29, 0.717) is 0 Å². The predicted molar refractivity (Wildman–Crippen MR) is 43.8 cm³/mol. The van der Waals surface area contributed by atoms with E-state index < -0.39 is 0 Å². The molecule has 1 aromatic carbocycles. The number of aromatic nitrogens is 1. The van der Waals surface area contributed by atoms with Crippen molar-refractivity contribution < 1.29 is 5.11 Å². The maximum absolute atomic E-state index is 10.8. The van der Waals surface area contributed by atoms with Crippen molar-refractivity contribution in [1.82, 2.24) is 4.98 Å². The lowest BCUT2D eigenvalue weighted by molar-refractivity contribution is -0.267. The van der Waals surface area contributed by atoms with E-state index in [9.17, 15) is 5.11 Å². The Morgan fingerprint density at radius 1 is 1.45 bits per heavy atom. The van der Waals surface area contributed by atoms with E-state index in [1.807, 2.05) is 25.1 Å². The molecule has 0 unspecified atom stereocenters. The second kappa shape index (κ2) is 2.20. The summed E-state index contributed by atoms with van der Waals surface area (Å²) < 4.78 is 0.981. The number of fused-ring (bicyclic) bond motifs is 1. The lowest BCUT2D eigenvalue weighted by Gasteiger charge is -1.88. The summed E-state index contributed by atoms with van der Waals surface area (Å²) in [4.78, 5) is 3.82. The molecular weight excluding hydrogens is 158 g/mol. The molecular formula is C8H6NOS-. The minimum Gasteiger partial charge on any atom is -0.851 e. The molecule has 0 saturated heterocycles. The first-order chi connectivity index (χ1) is 5.25. The minimum atomic E-state index is -0.106. The molecule has 2 rings (SSSR count). The molecule has 0 aliphatic rings. The molecule has 1 heterocycles. The lowest BCUT2D eigenvalue weighted by Crippen LogP contribution is -1.84. The monoisotopic (exact) mass is 164 g/mol. The Bertz CT molecular complexity index is 394. The van der Waals surface area contributed by atoms with Crippen LogP contribution in [0.3, 0.4) is 0 Å². The zero-order valence-corrected chi connectivity index (χ0v) is 6.81. The Balaban J connectivity index is 2.82. The van der Waals surface area contributed by atoms with Gasteiger partial charge in [-0.1, -0.05) is 6.07 Å². The summed E-state index contributed by atoms with van der Waals surface area (Å²) >= 11 is 1.20. The third kappa shape index (κ3) is 1.07. The quantitative estimate of drug-likeness (QED) is 0.594. The van der Waals surface area contributed by atoms with Crippen molar-refractivity contribution >= 4 is 21.6 Å². The van der Waals surface area contributed by atoms with E-state index in [0.717, 1.165) is 10.2 Å². The number of aryl methyl sites for hydroxylation is 1. The standard InChI is InChI=1S/C8H7NOS/c1-5-2-3-6-7(4-5)11-8(10)9-6/h2-4H,1H3,(H,9,10)/p-1. The molecule has 1 aromatic heterocycles. The summed E-state index contributed by atoms with van der Waals surface area (Å²) in [6, 6.07) is 5.82. The summed E-state index contributed by atoms with van der Waals surface area (Å²) in [7, 11) is 0. The third-order valence-electron chi connectivity index (χ3n) is 1.52. The summed E-state index contributed by atoms with van der Waals surface area (Å²) in [5.74, 6) is 0. The molecule has 0 N–H and O–H groups in total. The van der Waals surface area contributed by atoms with Crippen molar-refractivity contribution in [2.75, 3.05) is 0 Å². The van der Waals surface area contributed by atoms with Gasteiger partial charge in [0.25, 0.3) is 0 Å². The van der Waals surface area contributed by atoms with Gasteiger partial charge in [0, 0.05) is 5.19 Å². The van der Waals surface area contributed by atoms with Crippen molar-refractivity contribution in [2.24, 2.45) is 0 Å². The molecule has 0 fully saturated rings. The Labute approximate surface area is 68.1 Å². The maximum Gasteiger partial charge on any atom is 0.0804 e. The fourth-order valence-electron chi connectivity index (χ4n) is 1.01. The molecule has 2 nitrogen and oxygen atoms in total. The summed E-state index contributed by atoms with van der Waals surface area (Å²) in [6.45, 7) is 2.00. The van der Waals surface area contributed by atoms with E-state index in [1.165, 1.54) is 16.9 Å². The average Bonchev–Trinajstić information content (AvgIpc) is 2.27. The normalized spacial score (nSPS) is 10.6. The van der Waals surface area contributed by atoms with Crippen LogP contribution in [0.4, 0.5) is 0 Å². The highest BCUT2D eigenvalue weighted by molar-refractivity contribution is 7.20. The largest absolute Gasteiger partial charge is 0.851 e. The summed E-state index contributed by atoms with van der Waals surface area (Å²) in [5.41, 5.74) is 1.98. The van der Waals surface area contributed by atoms with Gasteiger partial charge in [0.1, 0.15) is 0 Å². The molecule has 0 amide bonds.